The van der Waals surface area contributed by atoms with E-state index in [1.165, 1.54) is 7.11 Å². The van der Waals surface area contributed by atoms with Crippen LogP contribution >= 0.6 is 0 Å². The molecule has 188 valence electrons. The van der Waals surface area contributed by atoms with Crippen LogP contribution in [0.15, 0.2) is 30.5 Å². The highest BCUT2D eigenvalue weighted by molar-refractivity contribution is 6.11. The Labute approximate surface area is 204 Å². The summed E-state index contributed by atoms with van der Waals surface area (Å²) in [6, 6.07) is 3.43. The van der Waals surface area contributed by atoms with Crippen molar-refractivity contribution in [2.45, 2.75) is 47.1 Å². The molecule has 0 radical (unpaired) electrons. The smallest absolute Gasteiger partial charge is 0.336 e. The van der Waals surface area contributed by atoms with Gasteiger partial charge in [0.2, 0.25) is 0 Å². The number of carbonyl (C=O) groups excluding carboxylic acids is 2. The third-order valence-electron chi connectivity index (χ3n) is 8.08. The van der Waals surface area contributed by atoms with E-state index in [2.05, 4.69) is 32.3 Å². The third-order valence-corrected chi connectivity index (χ3v) is 8.08. The van der Waals surface area contributed by atoms with E-state index in [0.717, 1.165) is 44.2 Å². The number of nitrogens with zero attached hydrogens (tertiary/aromatic N) is 1. The number of carbonyl (C=O) groups is 3. The van der Waals surface area contributed by atoms with Crippen molar-refractivity contribution in [2.75, 3.05) is 20.3 Å². The molecular weight excluding hydrogens is 450 g/mol. The van der Waals surface area contributed by atoms with E-state index in [-0.39, 0.29) is 28.3 Å². The number of methoxy groups -OCH3 is 1. The molecule has 1 aliphatic carbocycles. The zero-order valence-electron chi connectivity index (χ0n) is 20.9. The summed E-state index contributed by atoms with van der Waals surface area (Å²) >= 11 is 0. The molecule has 4 rings (SSSR count). The molecule has 2 aromatic rings. The molecule has 1 aliphatic heterocycles. The highest BCUT2D eigenvalue weighted by Gasteiger charge is 2.68. The van der Waals surface area contributed by atoms with Gasteiger partial charge in [0.15, 0.2) is 17.3 Å². The fourth-order valence-corrected chi connectivity index (χ4v) is 5.38. The van der Waals surface area contributed by atoms with Crippen LogP contribution in [-0.4, -0.2) is 47.7 Å². The van der Waals surface area contributed by atoms with E-state index in [9.17, 15) is 14.4 Å². The van der Waals surface area contributed by atoms with Crippen LogP contribution in [-0.2, 0) is 20.9 Å². The average molecular weight is 484 g/mol. The van der Waals surface area contributed by atoms with E-state index in [1.54, 1.807) is 12.1 Å². The number of ketones is 1. The summed E-state index contributed by atoms with van der Waals surface area (Å²) in [4.78, 5) is 36.7. The summed E-state index contributed by atoms with van der Waals surface area (Å²) in [5.74, 6) is -1.26. The van der Waals surface area contributed by atoms with Gasteiger partial charge in [0, 0.05) is 61.0 Å². The molecule has 1 saturated heterocycles. The Morgan fingerprint density at radius 2 is 1.74 bits per heavy atom. The number of carboxylic acids is 1. The van der Waals surface area contributed by atoms with Crippen LogP contribution in [0.4, 0.5) is 0 Å². The molecule has 35 heavy (non-hydrogen) atoms. The Balaban J connectivity index is 1.78. The first-order chi connectivity index (χ1) is 16.5. The van der Waals surface area contributed by atoms with Crippen LogP contribution in [0.2, 0.25) is 0 Å². The zero-order chi connectivity index (χ0) is 25.5. The number of esters is 1. The monoisotopic (exact) mass is 483 g/mol. The van der Waals surface area contributed by atoms with E-state index in [1.807, 2.05) is 6.20 Å². The number of benzene rings is 1. The van der Waals surface area contributed by atoms with Gasteiger partial charge >= 0.3 is 11.9 Å². The minimum Gasteiger partial charge on any atom is -0.493 e. The summed E-state index contributed by atoms with van der Waals surface area (Å²) in [6.07, 6.45) is 5.37. The van der Waals surface area contributed by atoms with Crippen LogP contribution in [0.25, 0.3) is 10.9 Å². The second kappa shape index (κ2) is 9.15. The van der Waals surface area contributed by atoms with E-state index < -0.39 is 11.9 Å². The normalized spacial score (nSPS) is 19.7. The van der Waals surface area contributed by atoms with Crippen molar-refractivity contribution in [3.05, 3.63) is 36.0 Å². The number of aromatic nitrogens is 1. The lowest BCUT2D eigenvalue weighted by molar-refractivity contribution is -0.133. The van der Waals surface area contributed by atoms with Crippen molar-refractivity contribution in [1.82, 2.24) is 4.57 Å². The number of carboxylic acid groups (broad SMARTS) is 1. The Hall–Kier alpha value is -3.13. The maximum absolute atomic E-state index is 13.8. The van der Waals surface area contributed by atoms with Crippen LogP contribution in [0, 0.1) is 22.7 Å². The van der Waals surface area contributed by atoms with Crippen LogP contribution in [0.5, 0.6) is 11.5 Å². The van der Waals surface area contributed by atoms with Gasteiger partial charge in [-0.25, -0.2) is 9.59 Å². The molecule has 2 fully saturated rings. The Morgan fingerprint density at radius 1 is 1.09 bits per heavy atom. The highest BCUT2D eigenvalue weighted by Crippen LogP contribution is 2.69. The summed E-state index contributed by atoms with van der Waals surface area (Å²) in [5, 5.41) is 9.47. The van der Waals surface area contributed by atoms with Gasteiger partial charge in [0.05, 0.1) is 12.6 Å². The lowest BCUT2D eigenvalue weighted by Crippen LogP contribution is -2.20. The standard InChI is InChI=1S/C27H33NO7/c1-26(2)25(27(26,3)4)24(32)18-15-28(14-16-8-10-34-11-9-16)19-13-20(33-5)21(12-17(18)19)35-23(31)7-6-22(29)30/h6-7,12-13,15-16,25H,8-11,14H2,1-5H3,(H,29,30). The molecule has 0 atom stereocenters. The maximum Gasteiger partial charge on any atom is 0.336 e. The van der Waals surface area contributed by atoms with E-state index in [0.29, 0.717) is 28.7 Å². The quantitative estimate of drug-likeness (QED) is 0.255. The van der Waals surface area contributed by atoms with Crippen LogP contribution in [0.3, 0.4) is 0 Å². The fourth-order valence-electron chi connectivity index (χ4n) is 5.38. The zero-order valence-corrected chi connectivity index (χ0v) is 20.9. The van der Waals surface area contributed by atoms with Crippen molar-refractivity contribution < 1.29 is 33.7 Å². The number of ether oxygens (including phenoxy) is 3. The molecular formula is C27H33NO7. The molecule has 1 aromatic heterocycles. The van der Waals surface area contributed by atoms with Gasteiger partial charge in [-0.1, -0.05) is 27.7 Å². The molecule has 8 nitrogen and oxygen atoms in total. The lowest BCUT2D eigenvalue weighted by atomic mass is 10.0. The first kappa shape index (κ1) is 25.0. The number of Topliss-reactive ketones (excluding diaryl/α,β-unsaturated/α-hetero) is 1. The molecule has 0 unspecified atom stereocenters. The molecule has 1 saturated carbocycles. The van der Waals surface area contributed by atoms with Gasteiger partial charge in [-0.2, -0.15) is 0 Å². The SMILES string of the molecule is COc1cc2c(cc1OC(=O)C=CC(=O)O)c(C(=O)C1C(C)(C)C1(C)C)cn2CC1CCOCC1. The van der Waals surface area contributed by atoms with E-state index in [4.69, 9.17) is 19.3 Å². The van der Waals surface area contributed by atoms with Crippen LogP contribution in [0.1, 0.15) is 50.9 Å². The second-order valence-corrected chi connectivity index (χ2v) is 10.6. The predicted molar refractivity (Wildman–Crippen MR) is 130 cm³/mol. The molecule has 8 heteroatoms. The molecule has 0 spiro atoms. The summed E-state index contributed by atoms with van der Waals surface area (Å²) in [5.41, 5.74) is 1.18. The van der Waals surface area contributed by atoms with Crippen molar-refractivity contribution in [2.24, 2.45) is 22.7 Å². The largest absolute Gasteiger partial charge is 0.493 e. The number of fused-ring (bicyclic) bond motifs is 1. The van der Waals surface area contributed by atoms with Crippen molar-refractivity contribution >= 4 is 28.6 Å². The minimum atomic E-state index is -1.25. The number of hydrogen-bond donors (Lipinski definition) is 1. The molecule has 2 aliphatic rings. The van der Waals surface area contributed by atoms with Crippen LogP contribution < -0.4 is 9.47 Å². The Kier molecular flexibility index (Phi) is 6.53. The van der Waals surface area contributed by atoms with Gasteiger partial charge in [-0.15, -0.1) is 0 Å². The summed E-state index contributed by atoms with van der Waals surface area (Å²) in [7, 11) is 1.47. The van der Waals surface area contributed by atoms with Gasteiger partial charge in [0.1, 0.15) is 0 Å². The second-order valence-electron chi connectivity index (χ2n) is 10.6. The first-order valence-electron chi connectivity index (χ1n) is 11.9. The highest BCUT2D eigenvalue weighted by atomic mass is 16.6. The van der Waals surface area contributed by atoms with Crippen molar-refractivity contribution in [3.63, 3.8) is 0 Å². The average Bonchev–Trinajstić information content (AvgIpc) is 3.03. The molecule has 1 N–H and O–H groups in total. The predicted octanol–water partition coefficient (Wildman–Crippen LogP) is 4.49. The number of aliphatic carboxylic acids is 1. The molecule has 2 heterocycles. The van der Waals surface area contributed by atoms with E-state index >= 15 is 0 Å². The summed E-state index contributed by atoms with van der Waals surface area (Å²) < 4.78 is 18.5. The first-order valence-corrected chi connectivity index (χ1v) is 11.9. The Bertz CT molecular complexity index is 1180. The molecule has 0 bridgehead atoms. The maximum atomic E-state index is 13.8. The lowest BCUT2D eigenvalue weighted by Gasteiger charge is -2.23. The summed E-state index contributed by atoms with van der Waals surface area (Å²) in [6.45, 7) is 10.7. The van der Waals surface area contributed by atoms with Gasteiger partial charge in [-0.05, 0) is 35.7 Å². The van der Waals surface area contributed by atoms with Gasteiger partial charge in [-0.3, -0.25) is 4.79 Å². The Morgan fingerprint density at radius 3 is 2.31 bits per heavy atom. The number of hydrogen-bond acceptors (Lipinski definition) is 6. The number of rotatable bonds is 8. The molecule has 0 amide bonds. The van der Waals surface area contributed by atoms with Gasteiger partial charge < -0.3 is 23.9 Å². The topological polar surface area (TPSA) is 104 Å². The fraction of sp³-hybridized carbons (Fsp3) is 0.519. The minimum absolute atomic E-state index is 0.0731. The molecule has 1 aromatic carbocycles. The third kappa shape index (κ3) is 4.59. The van der Waals surface area contributed by atoms with Crippen molar-refractivity contribution in [1.29, 1.82) is 0 Å². The van der Waals surface area contributed by atoms with Crippen molar-refractivity contribution in [3.8, 4) is 11.5 Å². The van der Waals surface area contributed by atoms with Gasteiger partial charge in [0.25, 0.3) is 0 Å².